The first-order valence-electron chi connectivity index (χ1n) is 10.8. The van der Waals surface area contributed by atoms with Gasteiger partial charge in [-0.25, -0.2) is 0 Å². The number of anilines is 2. The predicted octanol–water partition coefficient (Wildman–Crippen LogP) is 2.34. The normalized spacial score (nSPS) is 26.6. The lowest BCUT2D eigenvalue weighted by atomic mass is 10.0. The molecule has 11 heteroatoms. The summed E-state index contributed by atoms with van der Waals surface area (Å²) in [6, 6.07) is 1.03. The summed E-state index contributed by atoms with van der Waals surface area (Å²) >= 11 is 0. The van der Waals surface area contributed by atoms with Gasteiger partial charge in [-0.1, -0.05) is 0 Å². The fourth-order valence-corrected chi connectivity index (χ4v) is 5.08. The lowest BCUT2D eigenvalue weighted by Gasteiger charge is -2.40. The molecule has 3 unspecified atom stereocenters. The lowest BCUT2D eigenvalue weighted by molar-refractivity contribution is -0.152. The van der Waals surface area contributed by atoms with Crippen LogP contribution in [0.15, 0.2) is 29.3 Å². The van der Waals surface area contributed by atoms with Crippen LogP contribution in [0.5, 0.6) is 0 Å². The Morgan fingerprint density at radius 1 is 1.30 bits per heavy atom. The Morgan fingerprint density at radius 3 is 2.73 bits per heavy atom. The van der Waals surface area contributed by atoms with Crippen LogP contribution < -0.4 is 15.4 Å². The van der Waals surface area contributed by atoms with Crippen LogP contribution in [-0.4, -0.2) is 63.9 Å². The molecule has 0 N–H and O–H groups in total. The van der Waals surface area contributed by atoms with Gasteiger partial charge in [0.15, 0.2) is 5.78 Å². The van der Waals surface area contributed by atoms with Gasteiger partial charge in [-0.15, -0.1) is 0 Å². The summed E-state index contributed by atoms with van der Waals surface area (Å²) in [6.45, 7) is 4.04. The average Bonchev–Trinajstić information content (AvgIpc) is 3.29. The number of aryl methyl sites for hydroxylation is 1. The van der Waals surface area contributed by atoms with Crippen molar-refractivity contribution in [3.63, 3.8) is 0 Å². The summed E-state index contributed by atoms with van der Waals surface area (Å²) in [5, 5.41) is 0. The molecule has 2 aromatic heterocycles. The molecule has 2 aromatic rings. The van der Waals surface area contributed by atoms with Crippen molar-refractivity contribution in [2.45, 2.75) is 57.1 Å². The second-order valence-corrected chi connectivity index (χ2v) is 9.30. The standard InChI is InChI=1S/C22H24F3N5O3/c1-13-5-14(9-26-8-13)16(31)11-29-17(22(23,24)25)3-4-28-19(32)6-18(27-20(28)29)30-10-15-7-21(30,2)12-33-15/h5-6,8-9,15,17H,3-4,7,10-12H2,1-2H3. The Kier molecular flexibility index (Phi) is 5.00. The molecule has 5 rings (SSSR count). The zero-order valence-electron chi connectivity index (χ0n) is 18.3. The molecule has 3 atom stereocenters. The van der Waals surface area contributed by atoms with Gasteiger partial charge in [0.2, 0.25) is 5.95 Å². The van der Waals surface area contributed by atoms with Gasteiger partial charge in [-0.3, -0.25) is 19.1 Å². The van der Waals surface area contributed by atoms with Gasteiger partial charge >= 0.3 is 6.18 Å². The summed E-state index contributed by atoms with van der Waals surface area (Å²) < 4.78 is 48.8. The van der Waals surface area contributed by atoms with Crippen LogP contribution in [0.4, 0.5) is 24.9 Å². The second-order valence-electron chi connectivity index (χ2n) is 9.30. The van der Waals surface area contributed by atoms with Gasteiger partial charge in [0.05, 0.1) is 24.8 Å². The van der Waals surface area contributed by atoms with E-state index >= 15 is 0 Å². The number of morpholine rings is 1. The number of ether oxygens (including phenoxy) is 1. The molecule has 8 nitrogen and oxygen atoms in total. The van der Waals surface area contributed by atoms with E-state index in [0.717, 1.165) is 16.9 Å². The fraction of sp³-hybridized carbons (Fsp3) is 0.545. The molecule has 2 fully saturated rings. The van der Waals surface area contributed by atoms with E-state index in [1.165, 1.54) is 16.8 Å². The van der Waals surface area contributed by atoms with Crippen LogP contribution in [0.2, 0.25) is 0 Å². The van der Waals surface area contributed by atoms with Crippen molar-refractivity contribution in [1.82, 2.24) is 14.5 Å². The fourth-order valence-electron chi connectivity index (χ4n) is 5.08. The minimum Gasteiger partial charge on any atom is -0.374 e. The van der Waals surface area contributed by atoms with Crippen LogP contribution in [0, 0.1) is 6.92 Å². The van der Waals surface area contributed by atoms with Crippen molar-refractivity contribution in [3.8, 4) is 0 Å². The van der Waals surface area contributed by atoms with Crippen molar-refractivity contribution in [2.24, 2.45) is 0 Å². The van der Waals surface area contributed by atoms with Crippen molar-refractivity contribution in [1.29, 1.82) is 0 Å². The largest absolute Gasteiger partial charge is 0.408 e. The third-order valence-corrected chi connectivity index (χ3v) is 6.73. The molecule has 0 saturated carbocycles. The maximum absolute atomic E-state index is 14.0. The number of halogens is 3. The summed E-state index contributed by atoms with van der Waals surface area (Å²) in [6.07, 6.45) is -1.26. The molecular formula is C22H24F3N5O3. The highest BCUT2D eigenvalue weighted by atomic mass is 19.4. The first-order valence-corrected chi connectivity index (χ1v) is 10.8. The van der Waals surface area contributed by atoms with E-state index in [-0.39, 0.29) is 36.1 Å². The molecule has 0 radical (unpaired) electrons. The molecule has 3 aliphatic rings. The number of carbonyl (C=O) groups is 1. The van der Waals surface area contributed by atoms with Crippen LogP contribution in [-0.2, 0) is 11.3 Å². The highest BCUT2D eigenvalue weighted by Gasteiger charge is 2.51. The van der Waals surface area contributed by atoms with E-state index in [0.29, 0.717) is 19.0 Å². The summed E-state index contributed by atoms with van der Waals surface area (Å²) in [7, 11) is 0. The van der Waals surface area contributed by atoms with Gasteiger partial charge in [-0.2, -0.15) is 18.2 Å². The Hall–Kier alpha value is -2.95. The van der Waals surface area contributed by atoms with E-state index in [4.69, 9.17) is 4.74 Å². The minimum absolute atomic E-state index is 0.00464. The van der Waals surface area contributed by atoms with Gasteiger partial charge in [0.1, 0.15) is 11.9 Å². The third-order valence-electron chi connectivity index (χ3n) is 6.73. The second kappa shape index (κ2) is 7.54. The average molecular weight is 463 g/mol. The molecule has 3 aliphatic heterocycles. The molecule has 5 heterocycles. The molecule has 2 saturated heterocycles. The van der Waals surface area contributed by atoms with Gasteiger partial charge in [0.25, 0.3) is 5.56 Å². The van der Waals surface area contributed by atoms with E-state index in [2.05, 4.69) is 9.97 Å². The summed E-state index contributed by atoms with van der Waals surface area (Å²) in [5.41, 5.74) is 0.142. The topological polar surface area (TPSA) is 80.6 Å². The van der Waals surface area contributed by atoms with E-state index in [1.54, 1.807) is 19.2 Å². The molecule has 0 spiro atoms. The highest BCUT2D eigenvalue weighted by molar-refractivity contribution is 5.99. The quantitative estimate of drug-likeness (QED) is 0.644. The minimum atomic E-state index is -4.59. The predicted molar refractivity (Wildman–Crippen MR) is 114 cm³/mol. The van der Waals surface area contributed by atoms with Crippen molar-refractivity contribution < 1.29 is 22.7 Å². The monoisotopic (exact) mass is 463 g/mol. The van der Waals surface area contributed by atoms with Gasteiger partial charge in [-0.05, 0) is 31.9 Å². The maximum Gasteiger partial charge on any atom is 0.408 e. The Balaban J connectivity index is 1.56. The highest BCUT2D eigenvalue weighted by Crippen LogP contribution is 2.41. The smallest absolute Gasteiger partial charge is 0.374 e. The number of pyridine rings is 1. The first-order chi connectivity index (χ1) is 15.5. The number of nitrogens with zero attached hydrogens (tertiary/aromatic N) is 5. The van der Waals surface area contributed by atoms with Gasteiger partial charge < -0.3 is 14.5 Å². The molecule has 176 valence electrons. The van der Waals surface area contributed by atoms with Crippen molar-refractivity contribution in [2.75, 3.05) is 29.5 Å². The van der Waals surface area contributed by atoms with Gasteiger partial charge in [0, 0.05) is 43.5 Å². The molecule has 33 heavy (non-hydrogen) atoms. The van der Waals surface area contributed by atoms with Crippen LogP contribution in [0.1, 0.15) is 35.7 Å². The zero-order valence-corrected chi connectivity index (χ0v) is 18.3. The SMILES string of the molecule is Cc1cncc(C(=O)CN2c3nc(N4CC5CC4(C)CO5)cc(=O)n3CCC2C(F)(F)F)c1. The number of hydrogen-bond acceptors (Lipinski definition) is 7. The van der Waals surface area contributed by atoms with E-state index in [9.17, 15) is 22.8 Å². The third kappa shape index (κ3) is 3.77. The number of alkyl halides is 3. The summed E-state index contributed by atoms with van der Waals surface area (Å²) in [4.78, 5) is 37.2. The van der Waals surface area contributed by atoms with Crippen molar-refractivity contribution >= 4 is 17.5 Å². The number of carbonyl (C=O) groups excluding carboxylic acids is 1. The number of Topliss-reactive ketones (excluding diaryl/α,β-unsaturated/α-hetero) is 1. The first kappa shape index (κ1) is 21.9. The number of ketones is 1. The molecule has 0 aliphatic carbocycles. The van der Waals surface area contributed by atoms with E-state index in [1.807, 2.05) is 11.8 Å². The molecular weight excluding hydrogens is 439 g/mol. The number of rotatable bonds is 4. The van der Waals surface area contributed by atoms with Crippen LogP contribution in [0.25, 0.3) is 0 Å². The summed E-state index contributed by atoms with van der Waals surface area (Å²) in [5.74, 6) is -0.335. The number of fused-ring (bicyclic) bond motifs is 3. The maximum atomic E-state index is 14.0. The Bertz CT molecular complexity index is 1170. The zero-order chi connectivity index (χ0) is 23.5. The molecule has 2 bridgehead atoms. The van der Waals surface area contributed by atoms with Crippen LogP contribution in [0.3, 0.4) is 0 Å². The lowest BCUT2D eigenvalue weighted by Crippen LogP contribution is -2.54. The molecule has 0 amide bonds. The van der Waals surface area contributed by atoms with Crippen molar-refractivity contribution in [3.05, 3.63) is 46.0 Å². The van der Waals surface area contributed by atoms with E-state index < -0.39 is 30.1 Å². The number of aromatic nitrogens is 3. The van der Waals surface area contributed by atoms with Crippen LogP contribution >= 0.6 is 0 Å². The Morgan fingerprint density at radius 2 is 2.09 bits per heavy atom. The number of hydrogen-bond donors (Lipinski definition) is 0. The molecule has 0 aromatic carbocycles. The Labute approximate surface area is 188 Å².